The number of carbonyl (C=O) groups excluding carboxylic acids is 2. The highest BCUT2D eigenvalue weighted by Gasteiger charge is 2.11. The van der Waals surface area contributed by atoms with Crippen LogP contribution in [0.3, 0.4) is 0 Å². The van der Waals surface area contributed by atoms with Crippen molar-refractivity contribution in [1.29, 1.82) is 0 Å². The first-order chi connectivity index (χ1) is 13.1. The van der Waals surface area contributed by atoms with Gasteiger partial charge in [0.05, 0.1) is 12.8 Å². The molecule has 0 saturated heterocycles. The Morgan fingerprint density at radius 1 is 0.815 bits per heavy atom. The number of amides is 2. The van der Waals surface area contributed by atoms with E-state index in [9.17, 15) is 9.59 Å². The average molecular weight is 361 g/mol. The van der Waals surface area contributed by atoms with E-state index in [2.05, 4.69) is 10.6 Å². The SMILES string of the molecule is COc1ccccc1NC(=O)c1cccc(NC(=O)c2ccc(N)cc2)c1. The van der Waals surface area contributed by atoms with E-state index in [1.165, 1.54) is 0 Å². The van der Waals surface area contributed by atoms with Crippen LogP contribution in [0.25, 0.3) is 0 Å². The maximum absolute atomic E-state index is 12.5. The summed E-state index contributed by atoms with van der Waals surface area (Å²) in [6.07, 6.45) is 0. The van der Waals surface area contributed by atoms with Crippen LogP contribution in [0.15, 0.2) is 72.8 Å². The molecule has 0 spiro atoms. The average Bonchev–Trinajstić information content (AvgIpc) is 2.69. The van der Waals surface area contributed by atoms with Crippen molar-refractivity contribution in [2.24, 2.45) is 0 Å². The fraction of sp³-hybridized carbons (Fsp3) is 0.0476. The van der Waals surface area contributed by atoms with Gasteiger partial charge in [-0.1, -0.05) is 18.2 Å². The number of methoxy groups -OCH3 is 1. The van der Waals surface area contributed by atoms with Gasteiger partial charge in [0.1, 0.15) is 5.75 Å². The van der Waals surface area contributed by atoms with E-state index in [4.69, 9.17) is 10.5 Å². The van der Waals surface area contributed by atoms with E-state index >= 15 is 0 Å². The van der Waals surface area contributed by atoms with E-state index in [1.807, 2.05) is 6.07 Å². The monoisotopic (exact) mass is 361 g/mol. The minimum Gasteiger partial charge on any atom is -0.495 e. The predicted molar refractivity (Wildman–Crippen MR) is 106 cm³/mol. The van der Waals surface area contributed by atoms with Crippen molar-refractivity contribution < 1.29 is 14.3 Å². The van der Waals surface area contributed by atoms with Crippen molar-refractivity contribution in [2.45, 2.75) is 0 Å². The number of nitrogen functional groups attached to an aromatic ring is 1. The third kappa shape index (κ3) is 4.43. The molecule has 0 unspecified atom stereocenters. The molecule has 0 atom stereocenters. The molecule has 136 valence electrons. The second-order valence-electron chi connectivity index (χ2n) is 5.81. The Labute approximate surface area is 157 Å². The van der Waals surface area contributed by atoms with Crippen LogP contribution in [0.1, 0.15) is 20.7 Å². The zero-order valence-electron chi connectivity index (χ0n) is 14.7. The number of nitrogens with two attached hydrogens (primary N) is 1. The maximum atomic E-state index is 12.5. The number of hydrogen-bond acceptors (Lipinski definition) is 4. The van der Waals surface area contributed by atoms with Gasteiger partial charge < -0.3 is 21.1 Å². The lowest BCUT2D eigenvalue weighted by Crippen LogP contribution is -2.15. The number of para-hydroxylation sites is 2. The number of carbonyl (C=O) groups is 2. The number of benzene rings is 3. The van der Waals surface area contributed by atoms with Crippen LogP contribution in [-0.4, -0.2) is 18.9 Å². The Morgan fingerprint density at radius 3 is 2.26 bits per heavy atom. The standard InChI is InChI=1S/C21H19N3O3/c1-27-19-8-3-2-7-18(19)24-21(26)15-5-4-6-17(13-15)23-20(25)14-9-11-16(22)12-10-14/h2-13H,22H2,1H3,(H,23,25)(H,24,26). The van der Waals surface area contributed by atoms with Crippen LogP contribution >= 0.6 is 0 Å². The van der Waals surface area contributed by atoms with Crippen molar-refractivity contribution >= 4 is 28.9 Å². The topological polar surface area (TPSA) is 93.5 Å². The Bertz CT molecular complexity index is 968. The van der Waals surface area contributed by atoms with E-state index < -0.39 is 0 Å². The van der Waals surface area contributed by atoms with Crippen LogP contribution in [0.4, 0.5) is 17.1 Å². The minimum atomic E-state index is -0.303. The fourth-order valence-corrected chi connectivity index (χ4v) is 2.52. The van der Waals surface area contributed by atoms with Crippen molar-refractivity contribution in [1.82, 2.24) is 0 Å². The minimum absolute atomic E-state index is 0.280. The lowest BCUT2D eigenvalue weighted by atomic mass is 10.1. The van der Waals surface area contributed by atoms with Crippen molar-refractivity contribution in [2.75, 3.05) is 23.5 Å². The van der Waals surface area contributed by atoms with Gasteiger partial charge in [-0.2, -0.15) is 0 Å². The first-order valence-electron chi connectivity index (χ1n) is 8.28. The van der Waals surface area contributed by atoms with Crippen LogP contribution < -0.4 is 21.1 Å². The van der Waals surface area contributed by atoms with E-state index in [0.717, 1.165) is 0 Å². The quantitative estimate of drug-likeness (QED) is 0.603. The molecule has 6 nitrogen and oxygen atoms in total. The van der Waals surface area contributed by atoms with Gasteiger partial charge in [-0.25, -0.2) is 0 Å². The van der Waals surface area contributed by atoms with Crippen LogP contribution in [0.5, 0.6) is 5.75 Å². The summed E-state index contributed by atoms with van der Waals surface area (Å²) in [4.78, 5) is 24.8. The smallest absolute Gasteiger partial charge is 0.255 e. The highest BCUT2D eigenvalue weighted by molar-refractivity contribution is 6.07. The summed E-state index contributed by atoms with van der Waals surface area (Å²) in [7, 11) is 1.54. The normalized spacial score (nSPS) is 10.1. The highest BCUT2D eigenvalue weighted by atomic mass is 16.5. The predicted octanol–water partition coefficient (Wildman–Crippen LogP) is 3.78. The number of hydrogen-bond donors (Lipinski definition) is 3. The second kappa shape index (κ2) is 8.05. The molecule has 2 amide bonds. The summed E-state index contributed by atoms with van der Waals surface area (Å²) in [6, 6.07) is 20.4. The van der Waals surface area contributed by atoms with Crippen LogP contribution in [0.2, 0.25) is 0 Å². The van der Waals surface area contributed by atoms with Gasteiger partial charge in [-0.3, -0.25) is 9.59 Å². The van der Waals surface area contributed by atoms with Gasteiger partial charge in [0.25, 0.3) is 11.8 Å². The van der Waals surface area contributed by atoms with Crippen LogP contribution in [-0.2, 0) is 0 Å². The number of nitrogens with one attached hydrogen (secondary N) is 2. The molecule has 27 heavy (non-hydrogen) atoms. The molecule has 0 saturated carbocycles. The van der Waals surface area contributed by atoms with Crippen molar-refractivity contribution in [3.63, 3.8) is 0 Å². The van der Waals surface area contributed by atoms with Crippen molar-refractivity contribution in [3.8, 4) is 5.75 Å². The molecule has 0 aromatic heterocycles. The molecule has 3 aromatic rings. The van der Waals surface area contributed by atoms with E-state index in [-0.39, 0.29) is 11.8 Å². The fourth-order valence-electron chi connectivity index (χ4n) is 2.52. The summed E-state index contributed by atoms with van der Waals surface area (Å²) >= 11 is 0. The van der Waals surface area contributed by atoms with Gasteiger partial charge in [0.15, 0.2) is 0 Å². The van der Waals surface area contributed by atoms with Gasteiger partial charge in [0, 0.05) is 22.5 Å². The third-order valence-corrected chi connectivity index (χ3v) is 3.91. The zero-order chi connectivity index (χ0) is 19.2. The molecule has 0 aliphatic carbocycles. The third-order valence-electron chi connectivity index (χ3n) is 3.91. The molecule has 0 radical (unpaired) electrons. The van der Waals surface area contributed by atoms with E-state index in [0.29, 0.717) is 33.9 Å². The summed E-state index contributed by atoms with van der Waals surface area (Å²) in [6.45, 7) is 0. The lowest BCUT2D eigenvalue weighted by molar-refractivity contribution is 0.101. The second-order valence-corrected chi connectivity index (χ2v) is 5.81. The van der Waals surface area contributed by atoms with Gasteiger partial charge in [0.2, 0.25) is 0 Å². The molecule has 0 aliphatic heterocycles. The highest BCUT2D eigenvalue weighted by Crippen LogP contribution is 2.24. The molecular formula is C21H19N3O3. The van der Waals surface area contributed by atoms with E-state index in [1.54, 1.807) is 73.8 Å². The Hall–Kier alpha value is -3.80. The molecule has 3 aromatic carbocycles. The number of rotatable bonds is 5. The van der Waals surface area contributed by atoms with Gasteiger partial charge >= 0.3 is 0 Å². The first-order valence-corrected chi connectivity index (χ1v) is 8.28. The largest absolute Gasteiger partial charge is 0.495 e. The van der Waals surface area contributed by atoms with Crippen molar-refractivity contribution in [3.05, 3.63) is 83.9 Å². The molecule has 4 N–H and O–H groups in total. The molecule has 0 heterocycles. The zero-order valence-corrected chi connectivity index (χ0v) is 14.7. The number of anilines is 3. The summed E-state index contributed by atoms with van der Waals surface area (Å²) < 4.78 is 5.24. The molecule has 0 bridgehead atoms. The Morgan fingerprint density at radius 2 is 1.52 bits per heavy atom. The summed E-state index contributed by atoms with van der Waals surface area (Å²) in [5, 5.41) is 5.58. The van der Waals surface area contributed by atoms with Gasteiger partial charge in [-0.05, 0) is 54.6 Å². The molecule has 0 fully saturated rings. The maximum Gasteiger partial charge on any atom is 0.255 e. The number of ether oxygens (including phenoxy) is 1. The molecular weight excluding hydrogens is 342 g/mol. The molecule has 0 aliphatic rings. The molecule has 3 rings (SSSR count). The summed E-state index contributed by atoms with van der Waals surface area (Å²) in [5.41, 5.74) is 8.20. The summed E-state index contributed by atoms with van der Waals surface area (Å²) in [5.74, 6) is -0.0148. The van der Waals surface area contributed by atoms with Gasteiger partial charge in [-0.15, -0.1) is 0 Å². The first kappa shape index (κ1) is 18.0. The Kier molecular flexibility index (Phi) is 5.37. The Balaban J connectivity index is 1.74. The lowest BCUT2D eigenvalue weighted by Gasteiger charge is -2.11. The molecule has 6 heteroatoms. The van der Waals surface area contributed by atoms with Crippen LogP contribution in [0, 0.1) is 0 Å².